The van der Waals surface area contributed by atoms with Gasteiger partial charge in [-0.2, -0.15) is 0 Å². The number of ether oxygens (including phenoxy) is 1. The molecule has 1 aliphatic rings. The van der Waals surface area contributed by atoms with Crippen LogP contribution in [-0.4, -0.2) is 24.0 Å². The van der Waals surface area contributed by atoms with Crippen LogP contribution in [0.2, 0.25) is 10.0 Å². The maximum atomic E-state index is 12.0. The first-order valence-electron chi connectivity index (χ1n) is 9.01. The van der Waals surface area contributed by atoms with Gasteiger partial charge in [-0.3, -0.25) is 4.79 Å². The number of aromatic carboxylic acids is 1. The van der Waals surface area contributed by atoms with E-state index in [1.165, 1.54) is 19.2 Å². The van der Waals surface area contributed by atoms with Crippen LogP contribution in [0.5, 0.6) is 11.5 Å². The Morgan fingerprint density at radius 1 is 1.00 bits per heavy atom. The Labute approximate surface area is 182 Å². The molecule has 0 atom stereocenters. The van der Waals surface area contributed by atoms with E-state index in [0.29, 0.717) is 33.6 Å². The van der Waals surface area contributed by atoms with E-state index < -0.39 is 11.9 Å². The Morgan fingerprint density at radius 3 is 2.43 bits per heavy atom. The van der Waals surface area contributed by atoms with Crippen LogP contribution >= 0.6 is 23.2 Å². The quantitative estimate of drug-likeness (QED) is 0.388. The monoisotopic (exact) mass is 442 g/mol. The number of anilines is 2. The second-order valence-electron chi connectivity index (χ2n) is 6.76. The fourth-order valence-electron chi connectivity index (χ4n) is 3.28. The van der Waals surface area contributed by atoms with E-state index in [1.54, 1.807) is 12.1 Å². The summed E-state index contributed by atoms with van der Waals surface area (Å²) in [6.45, 7) is 0. The van der Waals surface area contributed by atoms with E-state index in [-0.39, 0.29) is 16.9 Å². The second kappa shape index (κ2) is 7.89. The molecule has 0 spiro atoms. The van der Waals surface area contributed by atoms with Crippen molar-refractivity contribution < 1.29 is 19.4 Å². The van der Waals surface area contributed by atoms with Crippen molar-refractivity contribution in [3.05, 3.63) is 80.8 Å². The minimum atomic E-state index is -1.16. The number of carbonyl (C=O) groups is 2. The zero-order valence-electron chi connectivity index (χ0n) is 15.8. The van der Waals surface area contributed by atoms with E-state index in [9.17, 15) is 14.7 Å². The molecule has 1 amide bonds. The Kier molecular flexibility index (Phi) is 5.28. The van der Waals surface area contributed by atoms with Gasteiger partial charge in [0.05, 0.1) is 27.0 Å². The molecule has 8 heteroatoms. The number of nitrogens with one attached hydrogen (secondary N) is 2. The van der Waals surface area contributed by atoms with Crippen molar-refractivity contribution in [1.82, 2.24) is 5.32 Å². The van der Waals surface area contributed by atoms with Crippen molar-refractivity contribution in [2.75, 3.05) is 12.4 Å². The minimum absolute atomic E-state index is 0.0494. The molecular weight excluding hydrogens is 427 g/mol. The smallest absolute Gasteiger partial charge is 0.337 e. The van der Waals surface area contributed by atoms with Crippen molar-refractivity contribution in [3.8, 4) is 11.5 Å². The van der Waals surface area contributed by atoms with Crippen molar-refractivity contribution >= 4 is 46.5 Å². The molecule has 3 aromatic rings. The number of carboxylic acids is 1. The molecule has 1 heterocycles. The molecule has 0 unspecified atom stereocenters. The molecule has 0 saturated heterocycles. The molecule has 0 aromatic heterocycles. The lowest BCUT2D eigenvalue weighted by Gasteiger charge is -2.24. The molecule has 1 aliphatic heterocycles. The van der Waals surface area contributed by atoms with Crippen LogP contribution < -0.4 is 15.4 Å². The zero-order valence-corrected chi connectivity index (χ0v) is 17.3. The van der Waals surface area contributed by atoms with E-state index in [4.69, 9.17) is 27.9 Å². The molecule has 0 aliphatic carbocycles. The lowest BCUT2D eigenvalue weighted by molar-refractivity contribution is 0.0697. The maximum absolute atomic E-state index is 12.0. The Hall–Kier alpha value is -3.22. The van der Waals surface area contributed by atoms with Gasteiger partial charge < -0.3 is 20.5 Å². The van der Waals surface area contributed by atoms with Gasteiger partial charge in [0.25, 0.3) is 5.91 Å². The number of amides is 1. The van der Waals surface area contributed by atoms with Gasteiger partial charge in [-0.05, 0) is 53.9 Å². The summed E-state index contributed by atoms with van der Waals surface area (Å²) < 4.78 is 5.90. The van der Waals surface area contributed by atoms with Gasteiger partial charge in [0.2, 0.25) is 0 Å². The summed E-state index contributed by atoms with van der Waals surface area (Å²) in [5.74, 6) is -0.751. The predicted molar refractivity (Wildman–Crippen MR) is 116 cm³/mol. The van der Waals surface area contributed by atoms with Crippen LogP contribution in [0.15, 0.2) is 48.5 Å². The number of hydrogen-bond acceptors (Lipinski definition) is 4. The normalized spacial score (nSPS) is 11.6. The number of rotatable bonds is 4. The number of hydrogen-bond donors (Lipinski definition) is 3. The van der Waals surface area contributed by atoms with Gasteiger partial charge in [0.1, 0.15) is 0 Å². The van der Waals surface area contributed by atoms with Gasteiger partial charge in [0.15, 0.2) is 11.5 Å². The molecule has 3 N–H and O–H groups in total. The van der Waals surface area contributed by atoms with Gasteiger partial charge in [-0.25, -0.2) is 4.79 Å². The third kappa shape index (κ3) is 3.79. The third-order valence-electron chi connectivity index (χ3n) is 4.74. The number of halogens is 2. The first-order chi connectivity index (χ1) is 14.4. The molecule has 30 heavy (non-hydrogen) atoms. The van der Waals surface area contributed by atoms with Crippen LogP contribution in [0.4, 0.5) is 11.4 Å². The van der Waals surface area contributed by atoms with Gasteiger partial charge in [-0.1, -0.05) is 35.3 Å². The Balaban J connectivity index is 1.68. The summed E-state index contributed by atoms with van der Waals surface area (Å²) in [5, 5.41) is 16.2. The highest BCUT2D eigenvalue weighted by Crippen LogP contribution is 2.44. The summed E-state index contributed by atoms with van der Waals surface area (Å²) in [6.07, 6.45) is 0.611. The van der Waals surface area contributed by atoms with Crippen LogP contribution in [0, 0.1) is 0 Å². The average Bonchev–Trinajstić information content (AvgIpc) is 2.73. The van der Waals surface area contributed by atoms with Crippen molar-refractivity contribution in [1.29, 1.82) is 0 Å². The third-order valence-corrected chi connectivity index (χ3v) is 5.48. The van der Waals surface area contributed by atoms with Crippen molar-refractivity contribution in [2.45, 2.75) is 6.42 Å². The van der Waals surface area contributed by atoms with E-state index >= 15 is 0 Å². The van der Waals surface area contributed by atoms with E-state index in [2.05, 4.69) is 10.6 Å². The fourth-order valence-corrected chi connectivity index (χ4v) is 3.60. The number of carbonyl (C=O) groups excluding carboxylic acids is 1. The highest BCUT2D eigenvalue weighted by atomic mass is 35.5. The Bertz CT molecular complexity index is 1190. The van der Waals surface area contributed by atoms with Gasteiger partial charge >= 0.3 is 5.97 Å². The SMILES string of the molecule is CNC(=O)c1cc2c(c(C(=O)O)c1)Nc1cc(Cc3ccc(Cl)c(Cl)c3)ccc1O2. The van der Waals surface area contributed by atoms with Crippen molar-refractivity contribution in [3.63, 3.8) is 0 Å². The van der Waals surface area contributed by atoms with Crippen LogP contribution in [0.3, 0.4) is 0 Å². The van der Waals surface area contributed by atoms with E-state index in [1.807, 2.05) is 24.3 Å². The molecule has 0 bridgehead atoms. The average molecular weight is 443 g/mol. The van der Waals surface area contributed by atoms with Gasteiger partial charge in [0, 0.05) is 12.6 Å². The molecule has 0 fully saturated rings. The minimum Gasteiger partial charge on any atom is -0.478 e. The number of carboxylic acid groups (broad SMARTS) is 1. The second-order valence-corrected chi connectivity index (χ2v) is 7.58. The summed E-state index contributed by atoms with van der Waals surface area (Å²) >= 11 is 12.1. The van der Waals surface area contributed by atoms with E-state index in [0.717, 1.165) is 11.1 Å². The maximum Gasteiger partial charge on any atom is 0.337 e. The summed E-state index contributed by atoms with van der Waals surface area (Å²) in [7, 11) is 1.48. The lowest BCUT2D eigenvalue weighted by Crippen LogP contribution is -2.19. The molecule has 3 aromatic carbocycles. The van der Waals surface area contributed by atoms with Crippen LogP contribution in [0.1, 0.15) is 31.8 Å². The number of fused-ring (bicyclic) bond motifs is 2. The first kappa shape index (κ1) is 20.1. The van der Waals surface area contributed by atoms with Gasteiger partial charge in [-0.15, -0.1) is 0 Å². The Morgan fingerprint density at radius 2 is 1.73 bits per heavy atom. The highest BCUT2D eigenvalue weighted by Gasteiger charge is 2.25. The topological polar surface area (TPSA) is 87.7 Å². The molecule has 4 rings (SSSR count). The first-order valence-corrected chi connectivity index (χ1v) is 9.76. The zero-order chi connectivity index (χ0) is 21.4. The highest BCUT2D eigenvalue weighted by molar-refractivity contribution is 6.42. The molecule has 152 valence electrons. The summed E-state index contributed by atoms with van der Waals surface area (Å²) in [5.41, 5.74) is 3.06. The number of benzene rings is 3. The van der Waals surface area contributed by atoms with Crippen molar-refractivity contribution in [2.24, 2.45) is 0 Å². The lowest BCUT2D eigenvalue weighted by atomic mass is 10.0. The molecule has 0 radical (unpaired) electrons. The summed E-state index contributed by atoms with van der Waals surface area (Å²) in [6, 6.07) is 13.9. The largest absolute Gasteiger partial charge is 0.478 e. The standard InChI is InChI=1S/C22H16Cl2N2O4/c1-25-21(27)13-9-14(22(28)29)20-19(10-13)30-18-5-3-12(8-17(18)26-20)6-11-2-4-15(23)16(24)7-11/h2-5,7-10,26H,6H2,1H3,(H,25,27)(H,28,29). The van der Waals surface area contributed by atoms with Crippen LogP contribution in [0.25, 0.3) is 0 Å². The predicted octanol–water partition coefficient (Wildman–Crippen LogP) is 5.49. The molecule has 6 nitrogen and oxygen atoms in total. The molecular formula is C22H16Cl2N2O4. The van der Waals surface area contributed by atoms with Crippen LogP contribution in [-0.2, 0) is 6.42 Å². The molecule has 0 saturated carbocycles. The fraction of sp³-hybridized carbons (Fsp3) is 0.0909. The summed E-state index contributed by atoms with van der Waals surface area (Å²) in [4.78, 5) is 23.8.